The molecule has 2 amide bonds. The quantitative estimate of drug-likeness (QED) is 0.795. The number of hydrogen-bond acceptors (Lipinski definition) is 3. The second-order valence-corrected chi connectivity index (χ2v) is 4.60. The first-order valence-electron chi connectivity index (χ1n) is 6.71. The molecule has 0 radical (unpaired) electrons. The van der Waals surface area contributed by atoms with Gasteiger partial charge in [0, 0.05) is 23.9 Å². The van der Waals surface area contributed by atoms with Crippen LogP contribution in [0, 0.1) is 5.82 Å². The Morgan fingerprint density at radius 1 is 1.27 bits per heavy atom. The van der Waals surface area contributed by atoms with Crippen molar-refractivity contribution in [3.63, 3.8) is 0 Å². The Morgan fingerprint density at radius 3 is 2.77 bits per heavy atom. The number of amides is 2. The van der Waals surface area contributed by atoms with Crippen molar-refractivity contribution < 1.29 is 19.0 Å². The molecular weight excluding hydrogens is 287 g/mol. The predicted octanol–water partition coefficient (Wildman–Crippen LogP) is 2.69. The number of halogens is 1. The van der Waals surface area contributed by atoms with Crippen molar-refractivity contribution in [1.82, 2.24) is 5.32 Å². The van der Waals surface area contributed by atoms with Gasteiger partial charge in [-0.15, -0.1) is 0 Å². The van der Waals surface area contributed by atoms with Crippen molar-refractivity contribution in [2.24, 2.45) is 0 Å². The topological polar surface area (TPSA) is 70.6 Å². The van der Waals surface area contributed by atoms with Crippen LogP contribution in [-0.4, -0.2) is 24.8 Å². The van der Waals surface area contributed by atoms with Gasteiger partial charge >= 0.3 is 6.03 Å². The molecule has 2 aromatic rings. The van der Waals surface area contributed by atoms with Crippen LogP contribution in [0.4, 0.5) is 14.9 Å². The van der Waals surface area contributed by atoms with E-state index in [1.807, 2.05) is 0 Å². The molecule has 0 heterocycles. The van der Waals surface area contributed by atoms with E-state index in [0.717, 1.165) is 0 Å². The van der Waals surface area contributed by atoms with Gasteiger partial charge in [0.1, 0.15) is 11.6 Å². The molecule has 2 rings (SSSR count). The summed E-state index contributed by atoms with van der Waals surface area (Å²) in [6.07, 6.45) is -1.11. The predicted molar refractivity (Wildman–Crippen MR) is 81.4 cm³/mol. The monoisotopic (exact) mass is 304 g/mol. The van der Waals surface area contributed by atoms with E-state index in [9.17, 15) is 14.3 Å². The number of anilines is 1. The third-order valence-corrected chi connectivity index (χ3v) is 3.05. The van der Waals surface area contributed by atoms with Gasteiger partial charge in [-0.3, -0.25) is 0 Å². The minimum atomic E-state index is -1.11. The number of methoxy groups -OCH3 is 1. The highest BCUT2D eigenvalue weighted by Crippen LogP contribution is 2.17. The van der Waals surface area contributed by atoms with Crippen molar-refractivity contribution in [2.45, 2.75) is 6.10 Å². The number of benzene rings is 2. The Balaban J connectivity index is 1.88. The smallest absolute Gasteiger partial charge is 0.319 e. The highest BCUT2D eigenvalue weighted by Gasteiger charge is 2.13. The third-order valence-electron chi connectivity index (χ3n) is 3.05. The third kappa shape index (κ3) is 4.20. The molecule has 0 unspecified atom stereocenters. The molecule has 0 aliphatic heterocycles. The van der Waals surface area contributed by atoms with Gasteiger partial charge in [0.05, 0.1) is 13.2 Å². The summed E-state index contributed by atoms with van der Waals surface area (Å²) in [6, 6.07) is 12.3. The number of carbonyl (C=O) groups is 1. The first-order chi connectivity index (χ1) is 10.6. The van der Waals surface area contributed by atoms with Crippen molar-refractivity contribution >= 4 is 11.7 Å². The summed E-state index contributed by atoms with van der Waals surface area (Å²) in [6.45, 7) is -0.100. The molecule has 3 N–H and O–H groups in total. The van der Waals surface area contributed by atoms with Crippen LogP contribution in [-0.2, 0) is 0 Å². The van der Waals surface area contributed by atoms with E-state index >= 15 is 0 Å². The number of rotatable bonds is 5. The summed E-state index contributed by atoms with van der Waals surface area (Å²) in [5.41, 5.74) is 0.696. The second kappa shape index (κ2) is 7.42. The van der Waals surface area contributed by atoms with E-state index < -0.39 is 18.0 Å². The lowest BCUT2D eigenvalue weighted by Gasteiger charge is -2.13. The molecule has 0 aromatic heterocycles. The maximum atomic E-state index is 13.5. The number of carbonyl (C=O) groups excluding carboxylic acids is 1. The van der Waals surface area contributed by atoms with Crippen LogP contribution < -0.4 is 15.4 Å². The van der Waals surface area contributed by atoms with Gasteiger partial charge in [0.2, 0.25) is 0 Å². The maximum absolute atomic E-state index is 13.5. The maximum Gasteiger partial charge on any atom is 0.319 e. The van der Waals surface area contributed by atoms with Crippen LogP contribution in [0.2, 0.25) is 0 Å². The number of hydrogen-bond donors (Lipinski definition) is 3. The first kappa shape index (κ1) is 15.8. The fraction of sp³-hybridized carbons (Fsp3) is 0.188. The summed E-state index contributed by atoms with van der Waals surface area (Å²) in [5, 5.41) is 15.0. The van der Waals surface area contributed by atoms with Crippen molar-refractivity contribution in [1.29, 1.82) is 0 Å². The van der Waals surface area contributed by atoms with E-state index in [2.05, 4.69) is 10.6 Å². The standard InChI is InChI=1S/C16H17FN2O3/c1-22-12-6-4-5-11(9-12)19-16(21)18-10-15(20)13-7-2-3-8-14(13)17/h2-9,15,20H,10H2,1H3,(H2,18,19,21)/t15-/m1/s1. The van der Waals surface area contributed by atoms with Crippen molar-refractivity contribution in [2.75, 3.05) is 19.0 Å². The molecule has 1 atom stereocenters. The van der Waals surface area contributed by atoms with Gasteiger partial charge in [0.15, 0.2) is 0 Å². The van der Waals surface area contributed by atoms with E-state index in [4.69, 9.17) is 4.74 Å². The lowest BCUT2D eigenvalue weighted by Crippen LogP contribution is -2.32. The summed E-state index contributed by atoms with van der Waals surface area (Å²) >= 11 is 0. The summed E-state index contributed by atoms with van der Waals surface area (Å²) in [4.78, 5) is 11.8. The van der Waals surface area contributed by atoms with Crippen LogP contribution in [0.1, 0.15) is 11.7 Å². The average molecular weight is 304 g/mol. The Labute approximate surface area is 127 Å². The van der Waals surface area contributed by atoms with Gasteiger partial charge < -0.3 is 20.5 Å². The van der Waals surface area contributed by atoms with Crippen LogP contribution >= 0.6 is 0 Å². The summed E-state index contributed by atoms with van der Waals surface area (Å²) in [5.74, 6) is 0.106. The second-order valence-electron chi connectivity index (χ2n) is 4.60. The molecule has 0 spiro atoms. The average Bonchev–Trinajstić information content (AvgIpc) is 2.53. The van der Waals surface area contributed by atoms with Crippen LogP contribution in [0.15, 0.2) is 48.5 Å². The van der Waals surface area contributed by atoms with E-state index in [1.54, 1.807) is 30.3 Å². The zero-order valence-electron chi connectivity index (χ0n) is 12.0. The van der Waals surface area contributed by atoms with E-state index in [0.29, 0.717) is 11.4 Å². The Bertz CT molecular complexity index is 649. The molecule has 0 aliphatic carbocycles. The summed E-state index contributed by atoms with van der Waals surface area (Å²) in [7, 11) is 1.53. The lowest BCUT2D eigenvalue weighted by atomic mass is 10.1. The largest absolute Gasteiger partial charge is 0.497 e. The summed E-state index contributed by atoms with van der Waals surface area (Å²) < 4.78 is 18.5. The molecule has 116 valence electrons. The zero-order chi connectivity index (χ0) is 15.9. The number of aliphatic hydroxyl groups excluding tert-OH is 1. The van der Waals surface area contributed by atoms with E-state index in [1.165, 1.54) is 25.3 Å². The van der Waals surface area contributed by atoms with Crippen LogP contribution in [0.3, 0.4) is 0 Å². The van der Waals surface area contributed by atoms with Gasteiger partial charge in [-0.25, -0.2) is 9.18 Å². The minimum absolute atomic E-state index is 0.100. The molecule has 0 bridgehead atoms. The normalized spacial score (nSPS) is 11.6. The molecule has 0 saturated carbocycles. The van der Waals surface area contributed by atoms with Crippen molar-refractivity contribution in [3.05, 3.63) is 59.9 Å². The Kier molecular flexibility index (Phi) is 5.32. The molecule has 0 aliphatic rings. The minimum Gasteiger partial charge on any atom is -0.497 e. The molecule has 2 aromatic carbocycles. The molecule has 0 fully saturated rings. The van der Waals surface area contributed by atoms with Crippen molar-refractivity contribution in [3.8, 4) is 5.75 Å². The zero-order valence-corrected chi connectivity index (χ0v) is 12.0. The van der Waals surface area contributed by atoms with Gasteiger partial charge in [-0.05, 0) is 18.2 Å². The van der Waals surface area contributed by atoms with Crippen LogP contribution in [0.25, 0.3) is 0 Å². The number of urea groups is 1. The Morgan fingerprint density at radius 2 is 2.05 bits per heavy atom. The molecular formula is C16H17FN2O3. The number of ether oxygens (including phenoxy) is 1. The Hall–Kier alpha value is -2.60. The molecule has 6 heteroatoms. The first-order valence-corrected chi connectivity index (χ1v) is 6.71. The lowest BCUT2D eigenvalue weighted by molar-refractivity contribution is 0.170. The highest BCUT2D eigenvalue weighted by atomic mass is 19.1. The number of nitrogens with one attached hydrogen (secondary N) is 2. The highest BCUT2D eigenvalue weighted by molar-refractivity contribution is 5.89. The number of aliphatic hydroxyl groups is 1. The van der Waals surface area contributed by atoms with E-state index in [-0.39, 0.29) is 12.1 Å². The van der Waals surface area contributed by atoms with Gasteiger partial charge in [-0.2, -0.15) is 0 Å². The van der Waals surface area contributed by atoms with Crippen LogP contribution in [0.5, 0.6) is 5.75 Å². The molecule has 22 heavy (non-hydrogen) atoms. The molecule has 5 nitrogen and oxygen atoms in total. The SMILES string of the molecule is COc1cccc(NC(=O)NC[C@@H](O)c2ccccc2F)c1. The molecule has 0 saturated heterocycles. The fourth-order valence-electron chi connectivity index (χ4n) is 1.92. The van der Waals surface area contributed by atoms with Gasteiger partial charge in [0.25, 0.3) is 0 Å². The fourth-order valence-corrected chi connectivity index (χ4v) is 1.92. The van der Waals surface area contributed by atoms with Gasteiger partial charge in [-0.1, -0.05) is 24.3 Å².